The van der Waals surface area contributed by atoms with Gasteiger partial charge in [-0.15, -0.1) is 23.7 Å². The molecule has 0 saturated heterocycles. The van der Waals surface area contributed by atoms with Crippen LogP contribution in [0.5, 0.6) is 0 Å². The van der Waals surface area contributed by atoms with Crippen LogP contribution in [0.2, 0.25) is 0 Å². The van der Waals surface area contributed by atoms with Crippen LogP contribution >= 0.6 is 23.7 Å². The lowest BCUT2D eigenvalue weighted by Gasteiger charge is -2.07. The second-order valence-electron chi connectivity index (χ2n) is 4.62. The van der Waals surface area contributed by atoms with Crippen LogP contribution in [-0.2, 0) is 13.0 Å². The highest BCUT2D eigenvalue weighted by Crippen LogP contribution is 2.29. The van der Waals surface area contributed by atoms with Crippen LogP contribution in [0.1, 0.15) is 23.2 Å². The van der Waals surface area contributed by atoms with Crippen molar-refractivity contribution in [1.82, 2.24) is 15.0 Å². The summed E-state index contributed by atoms with van der Waals surface area (Å²) in [7, 11) is 0. The van der Waals surface area contributed by atoms with Gasteiger partial charge in [0, 0.05) is 23.8 Å². The predicted octanol–water partition coefficient (Wildman–Crippen LogP) is 3.99. The molecule has 3 heterocycles. The topological polar surface area (TPSA) is 50.7 Å². The molecule has 0 aliphatic heterocycles. The van der Waals surface area contributed by atoms with Gasteiger partial charge in [-0.05, 0) is 31.0 Å². The first-order valence-electron chi connectivity index (χ1n) is 6.66. The van der Waals surface area contributed by atoms with E-state index in [1.807, 2.05) is 19.2 Å². The van der Waals surface area contributed by atoms with Crippen molar-refractivity contribution in [2.75, 3.05) is 5.32 Å². The van der Waals surface area contributed by atoms with Crippen molar-refractivity contribution in [2.45, 2.75) is 26.8 Å². The van der Waals surface area contributed by atoms with Gasteiger partial charge in [0.05, 0.1) is 5.39 Å². The molecule has 0 atom stereocenters. The van der Waals surface area contributed by atoms with Crippen molar-refractivity contribution in [2.24, 2.45) is 0 Å². The number of hydrogen-bond acceptors (Lipinski definition) is 5. The van der Waals surface area contributed by atoms with Gasteiger partial charge in [0.2, 0.25) is 0 Å². The molecule has 0 aliphatic rings. The third-order valence-corrected chi connectivity index (χ3v) is 4.26. The number of rotatable bonds is 4. The number of aryl methyl sites for hydroxylation is 2. The molecule has 0 aliphatic carbocycles. The summed E-state index contributed by atoms with van der Waals surface area (Å²) in [5.41, 5.74) is 1.14. The van der Waals surface area contributed by atoms with E-state index in [2.05, 4.69) is 39.3 Å². The molecule has 3 aromatic rings. The zero-order chi connectivity index (χ0) is 13.9. The number of nitrogens with zero attached hydrogens (tertiary/aromatic N) is 3. The van der Waals surface area contributed by atoms with Gasteiger partial charge < -0.3 is 5.32 Å². The number of pyridine rings is 1. The molecule has 3 rings (SSSR count). The third-order valence-electron chi connectivity index (χ3n) is 3.09. The van der Waals surface area contributed by atoms with Gasteiger partial charge in [0.25, 0.3) is 0 Å². The molecular weight excluding hydrogens is 304 g/mol. The largest absolute Gasteiger partial charge is 0.365 e. The van der Waals surface area contributed by atoms with E-state index in [9.17, 15) is 0 Å². The summed E-state index contributed by atoms with van der Waals surface area (Å²) < 4.78 is 0. The molecule has 3 aromatic heterocycles. The molecule has 4 nitrogen and oxygen atoms in total. The monoisotopic (exact) mass is 320 g/mol. The molecule has 110 valence electrons. The summed E-state index contributed by atoms with van der Waals surface area (Å²) in [6, 6.07) is 6.18. The standard InChI is InChI=1S/C15H16N4S.ClH/c1-3-12-7-13-14(18-10(2)19-15(13)20-12)17-9-11-5-4-6-16-8-11;/h4-8H,3,9H2,1-2H3,(H,17,18,19);1H. The highest BCUT2D eigenvalue weighted by atomic mass is 35.5. The Balaban J connectivity index is 0.00000161. The lowest BCUT2D eigenvalue weighted by Crippen LogP contribution is -2.03. The summed E-state index contributed by atoms with van der Waals surface area (Å²) in [6.07, 6.45) is 4.67. The minimum absolute atomic E-state index is 0. The van der Waals surface area contributed by atoms with Crippen molar-refractivity contribution in [3.63, 3.8) is 0 Å². The lowest BCUT2D eigenvalue weighted by molar-refractivity contribution is 1.05. The molecule has 1 N–H and O–H groups in total. The molecule has 0 spiro atoms. The Morgan fingerprint density at radius 3 is 2.86 bits per heavy atom. The van der Waals surface area contributed by atoms with Gasteiger partial charge in [-0.1, -0.05) is 13.0 Å². The van der Waals surface area contributed by atoms with E-state index in [0.29, 0.717) is 0 Å². The fourth-order valence-electron chi connectivity index (χ4n) is 2.08. The Kier molecular flexibility index (Phi) is 5.09. The number of aromatic nitrogens is 3. The van der Waals surface area contributed by atoms with Gasteiger partial charge in [0.15, 0.2) is 0 Å². The smallest absolute Gasteiger partial charge is 0.138 e. The molecule has 0 fully saturated rings. The van der Waals surface area contributed by atoms with Crippen LogP contribution in [0.15, 0.2) is 30.6 Å². The molecule has 6 heteroatoms. The Bertz CT molecular complexity index is 727. The van der Waals surface area contributed by atoms with Gasteiger partial charge in [-0.3, -0.25) is 4.98 Å². The van der Waals surface area contributed by atoms with Crippen molar-refractivity contribution >= 4 is 39.8 Å². The van der Waals surface area contributed by atoms with Gasteiger partial charge in [-0.25, -0.2) is 9.97 Å². The minimum Gasteiger partial charge on any atom is -0.365 e. The predicted molar refractivity (Wildman–Crippen MR) is 90.3 cm³/mol. The maximum atomic E-state index is 4.53. The molecule has 0 bridgehead atoms. The van der Waals surface area contributed by atoms with Gasteiger partial charge in [0.1, 0.15) is 16.5 Å². The van der Waals surface area contributed by atoms with Crippen LogP contribution in [0.3, 0.4) is 0 Å². The van der Waals surface area contributed by atoms with Crippen LogP contribution < -0.4 is 5.32 Å². The zero-order valence-electron chi connectivity index (χ0n) is 12.0. The summed E-state index contributed by atoms with van der Waals surface area (Å²) >= 11 is 1.74. The molecule has 0 unspecified atom stereocenters. The van der Waals surface area contributed by atoms with Crippen LogP contribution in [0.4, 0.5) is 5.82 Å². The van der Waals surface area contributed by atoms with Crippen molar-refractivity contribution in [3.8, 4) is 0 Å². The second kappa shape index (κ2) is 6.83. The van der Waals surface area contributed by atoms with Crippen molar-refractivity contribution in [3.05, 3.63) is 46.9 Å². The summed E-state index contributed by atoms with van der Waals surface area (Å²) in [4.78, 5) is 15.6. The minimum atomic E-state index is 0. The van der Waals surface area contributed by atoms with Crippen molar-refractivity contribution in [1.29, 1.82) is 0 Å². The number of thiophene rings is 1. The number of fused-ring (bicyclic) bond motifs is 1. The molecule has 21 heavy (non-hydrogen) atoms. The average Bonchev–Trinajstić information content (AvgIpc) is 2.88. The van der Waals surface area contributed by atoms with Crippen LogP contribution in [0.25, 0.3) is 10.2 Å². The first-order valence-corrected chi connectivity index (χ1v) is 7.47. The SMILES string of the molecule is CCc1cc2c(NCc3cccnc3)nc(C)nc2s1.Cl. The van der Waals surface area contributed by atoms with Gasteiger partial charge >= 0.3 is 0 Å². The lowest BCUT2D eigenvalue weighted by atomic mass is 10.2. The second-order valence-corrected chi connectivity index (χ2v) is 5.73. The Morgan fingerprint density at radius 2 is 2.14 bits per heavy atom. The van der Waals surface area contributed by atoms with E-state index in [0.717, 1.165) is 40.4 Å². The number of anilines is 1. The summed E-state index contributed by atoms with van der Waals surface area (Å²) in [5, 5.41) is 4.51. The van der Waals surface area contributed by atoms with Crippen molar-refractivity contribution < 1.29 is 0 Å². The maximum Gasteiger partial charge on any atom is 0.138 e. The molecule has 0 aromatic carbocycles. The average molecular weight is 321 g/mol. The number of hydrogen-bond donors (Lipinski definition) is 1. The summed E-state index contributed by atoms with van der Waals surface area (Å²) in [5.74, 6) is 1.71. The summed E-state index contributed by atoms with van der Waals surface area (Å²) in [6.45, 7) is 4.81. The third kappa shape index (κ3) is 3.49. The normalized spacial score (nSPS) is 10.4. The Hall–Kier alpha value is -1.72. The van der Waals surface area contributed by atoms with Gasteiger partial charge in [-0.2, -0.15) is 0 Å². The van der Waals surface area contributed by atoms with E-state index in [-0.39, 0.29) is 12.4 Å². The fraction of sp³-hybridized carbons (Fsp3) is 0.267. The first kappa shape index (κ1) is 15.7. The quantitative estimate of drug-likeness (QED) is 0.789. The molecule has 0 saturated carbocycles. The van der Waals surface area contributed by atoms with E-state index in [1.54, 1.807) is 17.5 Å². The van der Waals surface area contributed by atoms with Crippen LogP contribution in [0, 0.1) is 6.92 Å². The Labute approximate surface area is 134 Å². The van der Waals surface area contributed by atoms with Crippen LogP contribution in [-0.4, -0.2) is 15.0 Å². The maximum absolute atomic E-state index is 4.53. The molecule has 0 amide bonds. The van der Waals surface area contributed by atoms with E-state index in [1.165, 1.54) is 4.88 Å². The number of nitrogens with one attached hydrogen (secondary N) is 1. The molecule has 0 radical (unpaired) electrons. The van der Waals surface area contributed by atoms with E-state index >= 15 is 0 Å². The van der Waals surface area contributed by atoms with E-state index < -0.39 is 0 Å². The van der Waals surface area contributed by atoms with E-state index in [4.69, 9.17) is 0 Å². The fourth-order valence-corrected chi connectivity index (χ4v) is 3.09. The highest BCUT2D eigenvalue weighted by molar-refractivity contribution is 7.18. The zero-order valence-corrected chi connectivity index (χ0v) is 13.6. The Morgan fingerprint density at radius 1 is 1.29 bits per heavy atom. The first-order chi connectivity index (χ1) is 9.76. The number of halogens is 1. The highest BCUT2D eigenvalue weighted by Gasteiger charge is 2.09. The molecular formula is C15H17ClN4S.